The van der Waals surface area contributed by atoms with Gasteiger partial charge in [-0.3, -0.25) is 4.79 Å². The van der Waals surface area contributed by atoms with E-state index in [-0.39, 0.29) is 5.91 Å². The molecule has 6 heteroatoms. The molecule has 1 heterocycles. The van der Waals surface area contributed by atoms with Gasteiger partial charge in [-0.05, 0) is 30.2 Å². The van der Waals surface area contributed by atoms with Gasteiger partial charge in [-0.15, -0.1) is 0 Å². The van der Waals surface area contributed by atoms with Crippen molar-refractivity contribution in [3.63, 3.8) is 0 Å². The van der Waals surface area contributed by atoms with Gasteiger partial charge in [-0.1, -0.05) is 36.3 Å². The van der Waals surface area contributed by atoms with Crippen LogP contribution >= 0.6 is 0 Å². The summed E-state index contributed by atoms with van der Waals surface area (Å²) in [5.74, 6) is 0.971. The van der Waals surface area contributed by atoms with Crippen molar-refractivity contribution in [1.29, 1.82) is 0 Å². The number of ether oxygens (including phenoxy) is 2. The monoisotopic (exact) mass is 354 g/mol. The Bertz CT molecular complexity index is 832. The minimum atomic E-state index is -0.675. The number of carbonyl (C=O) groups is 1. The predicted molar refractivity (Wildman–Crippen MR) is 100 cm³/mol. The highest BCUT2D eigenvalue weighted by Crippen LogP contribution is 2.33. The number of hydrogen-bond donors (Lipinski definition) is 1. The van der Waals surface area contributed by atoms with Crippen molar-refractivity contribution in [3.05, 3.63) is 53.6 Å². The lowest BCUT2D eigenvalue weighted by Crippen LogP contribution is -2.28. The summed E-state index contributed by atoms with van der Waals surface area (Å²) in [7, 11) is 3.15. The summed E-state index contributed by atoms with van der Waals surface area (Å²) in [4.78, 5) is 18.0. The summed E-state index contributed by atoms with van der Waals surface area (Å²) in [6.07, 6.45) is 0.528. The average Bonchev–Trinajstić information content (AvgIpc) is 3.17. The van der Waals surface area contributed by atoms with E-state index in [2.05, 4.69) is 10.5 Å². The molecule has 1 unspecified atom stereocenters. The Balaban J connectivity index is 1.73. The third kappa shape index (κ3) is 3.49. The van der Waals surface area contributed by atoms with E-state index in [1.807, 2.05) is 49.4 Å². The summed E-state index contributed by atoms with van der Waals surface area (Å²) < 4.78 is 10.8. The van der Waals surface area contributed by atoms with Crippen LogP contribution in [0.3, 0.4) is 0 Å². The molecule has 0 radical (unpaired) electrons. The van der Waals surface area contributed by atoms with Crippen LogP contribution in [0, 0.1) is 0 Å². The highest BCUT2D eigenvalue weighted by molar-refractivity contribution is 6.08. The number of nitrogens with zero attached hydrogens (tertiary/aromatic N) is 1. The standard InChI is InChI=1S/C20H22N2O4/c1-4-13-8-5-6-10-15(13)21-20(23)18-12-16(22-26-18)14-9-7-11-17(24-2)19(14)25-3/h5-11,18H,4,12H2,1-3H3,(H,21,23). The molecule has 2 aromatic rings. The van der Waals surface area contributed by atoms with Crippen LogP contribution in [0.2, 0.25) is 0 Å². The van der Waals surface area contributed by atoms with Crippen LogP contribution in [-0.4, -0.2) is 31.9 Å². The Morgan fingerprint density at radius 1 is 1.19 bits per heavy atom. The number of oxime groups is 1. The lowest BCUT2D eigenvalue weighted by molar-refractivity contribution is -0.125. The minimum Gasteiger partial charge on any atom is -0.493 e. The molecule has 0 saturated heterocycles. The van der Waals surface area contributed by atoms with Crippen LogP contribution in [0.5, 0.6) is 11.5 Å². The first-order valence-electron chi connectivity index (χ1n) is 8.50. The molecule has 1 N–H and O–H groups in total. The Labute approximate surface area is 152 Å². The van der Waals surface area contributed by atoms with Gasteiger partial charge < -0.3 is 19.6 Å². The first kappa shape index (κ1) is 17.8. The number of nitrogens with one attached hydrogen (secondary N) is 1. The van der Waals surface area contributed by atoms with Crippen LogP contribution in [0.25, 0.3) is 0 Å². The number of benzene rings is 2. The molecule has 0 aromatic heterocycles. The number of carbonyl (C=O) groups excluding carboxylic acids is 1. The zero-order chi connectivity index (χ0) is 18.5. The van der Waals surface area contributed by atoms with E-state index in [9.17, 15) is 4.79 Å². The van der Waals surface area contributed by atoms with Gasteiger partial charge >= 0.3 is 0 Å². The van der Waals surface area contributed by atoms with Gasteiger partial charge in [0.15, 0.2) is 11.5 Å². The predicted octanol–water partition coefficient (Wildman–Crippen LogP) is 3.40. The van der Waals surface area contributed by atoms with Crippen LogP contribution < -0.4 is 14.8 Å². The quantitative estimate of drug-likeness (QED) is 0.863. The first-order valence-corrected chi connectivity index (χ1v) is 8.50. The molecule has 0 spiro atoms. The van der Waals surface area contributed by atoms with Gasteiger partial charge in [0, 0.05) is 17.7 Å². The number of rotatable bonds is 6. The van der Waals surface area contributed by atoms with Gasteiger partial charge in [0.05, 0.1) is 19.9 Å². The van der Waals surface area contributed by atoms with Crippen molar-refractivity contribution in [2.45, 2.75) is 25.9 Å². The fourth-order valence-electron chi connectivity index (χ4n) is 2.96. The second-order valence-corrected chi connectivity index (χ2v) is 5.88. The molecule has 6 nitrogen and oxygen atoms in total. The van der Waals surface area contributed by atoms with E-state index in [4.69, 9.17) is 14.3 Å². The highest BCUT2D eigenvalue weighted by Gasteiger charge is 2.31. The molecule has 1 aliphatic rings. The number of amides is 1. The summed E-state index contributed by atoms with van der Waals surface area (Å²) in [5.41, 5.74) is 3.30. The molecule has 26 heavy (non-hydrogen) atoms. The van der Waals surface area contributed by atoms with E-state index in [1.54, 1.807) is 14.2 Å². The largest absolute Gasteiger partial charge is 0.493 e. The molecule has 1 aliphatic heterocycles. The molecule has 3 rings (SSSR count). The number of methoxy groups -OCH3 is 2. The lowest BCUT2D eigenvalue weighted by Gasteiger charge is -2.13. The highest BCUT2D eigenvalue weighted by atomic mass is 16.6. The van der Waals surface area contributed by atoms with Gasteiger partial charge in [-0.2, -0.15) is 0 Å². The topological polar surface area (TPSA) is 69.2 Å². The molecular formula is C20H22N2O4. The van der Waals surface area contributed by atoms with E-state index in [0.29, 0.717) is 23.6 Å². The van der Waals surface area contributed by atoms with Crippen molar-refractivity contribution in [2.75, 3.05) is 19.5 Å². The fraction of sp³-hybridized carbons (Fsp3) is 0.300. The van der Waals surface area contributed by atoms with E-state index in [0.717, 1.165) is 23.2 Å². The SMILES string of the molecule is CCc1ccccc1NC(=O)C1CC(c2cccc(OC)c2OC)=NO1. The first-order chi connectivity index (χ1) is 12.7. The molecule has 0 saturated carbocycles. The molecule has 2 aromatic carbocycles. The smallest absolute Gasteiger partial charge is 0.268 e. The number of anilines is 1. The zero-order valence-corrected chi connectivity index (χ0v) is 15.1. The maximum atomic E-state index is 12.6. The van der Waals surface area contributed by atoms with E-state index < -0.39 is 6.10 Å². The van der Waals surface area contributed by atoms with Crippen molar-refractivity contribution in [3.8, 4) is 11.5 Å². The summed E-state index contributed by atoms with van der Waals surface area (Å²) in [6.45, 7) is 2.05. The van der Waals surface area contributed by atoms with Gasteiger partial charge in [0.2, 0.25) is 6.10 Å². The van der Waals surface area contributed by atoms with Crippen molar-refractivity contribution < 1.29 is 19.1 Å². The molecule has 0 fully saturated rings. The van der Waals surface area contributed by atoms with Crippen molar-refractivity contribution in [2.24, 2.45) is 5.16 Å². The molecule has 1 amide bonds. The summed E-state index contributed by atoms with van der Waals surface area (Å²) in [5, 5.41) is 7.03. The van der Waals surface area contributed by atoms with Crippen molar-refractivity contribution >= 4 is 17.3 Å². The maximum absolute atomic E-state index is 12.6. The van der Waals surface area contributed by atoms with Crippen LogP contribution in [0.4, 0.5) is 5.69 Å². The second kappa shape index (κ2) is 7.91. The Morgan fingerprint density at radius 2 is 2.00 bits per heavy atom. The number of hydrogen-bond acceptors (Lipinski definition) is 5. The van der Waals surface area contributed by atoms with Gasteiger partial charge in [0.1, 0.15) is 0 Å². The zero-order valence-electron chi connectivity index (χ0n) is 15.1. The fourth-order valence-corrected chi connectivity index (χ4v) is 2.96. The van der Waals surface area contributed by atoms with E-state index in [1.165, 1.54) is 0 Å². The van der Waals surface area contributed by atoms with Crippen LogP contribution in [-0.2, 0) is 16.1 Å². The Morgan fingerprint density at radius 3 is 2.73 bits per heavy atom. The third-order valence-corrected chi connectivity index (χ3v) is 4.33. The van der Waals surface area contributed by atoms with Crippen LogP contribution in [0.1, 0.15) is 24.5 Å². The maximum Gasteiger partial charge on any atom is 0.268 e. The average molecular weight is 354 g/mol. The summed E-state index contributed by atoms with van der Waals surface area (Å²) in [6, 6.07) is 13.3. The van der Waals surface area contributed by atoms with Gasteiger partial charge in [0.25, 0.3) is 5.91 Å². The van der Waals surface area contributed by atoms with Gasteiger partial charge in [-0.25, -0.2) is 0 Å². The normalized spacial score (nSPS) is 15.8. The molecular weight excluding hydrogens is 332 g/mol. The van der Waals surface area contributed by atoms with E-state index >= 15 is 0 Å². The Hall–Kier alpha value is -3.02. The number of aryl methyl sites for hydroxylation is 1. The summed E-state index contributed by atoms with van der Waals surface area (Å²) >= 11 is 0. The number of para-hydroxylation sites is 2. The lowest BCUT2D eigenvalue weighted by atomic mass is 10.0. The Kier molecular flexibility index (Phi) is 5.41. The third-order valence-electron chi connectivity index (χ3n) is 4.33. The second-order valence-electron chi connectivity index (χ2n) is 5.88. The van der Waals surface area contributed by atoms with Crippen molar-refractivity contribution in [1.82, 2.24) is 0 Å². The molecule has 136 valence electrons. The minimum absolute atomic E-state index is 0.216. The molecule has 0 bridgehead atoms. The van der Waals surface area contributed by atoms with Crippen LogP contribution in [0.15, 0.2) is 47.6 Å². The molecule has 1 atom stereocenters. The molecule has 0 aliphatic carbocycles.